The Morgan fingerprint density at radius 2 is 2.21 bits per heavy atom. The Morgan fingerprint density at radius 1 is 1.38 bits per heavy atom. The van der Waals surface area contributed by atoms with Crippen LogP contribution in [-0.2, 0) is 20.8 Å². The Labute approximate surface area is 208 Å². The van der Waals surface area contributed by atoms with Gasteiger partial charge in [0.2, 0.25) is 5.91 Å². The van der Waals surface area contributed by atoms with Crippen molar-refractivity contribution in [2.45, 2.75) is 75.6 Å². The number of aromatic nitrogens is 2. The minimum atomic E-state index is -0.339. The second-order valence-electron chi connectivity index (χ2n) is 8.80. The third-order valence-corrected chi connectivity index (χ3v) is 8.37. The average molecular weight is 504 g/mol. The van der Waals surface area contributed by atoms with Gasteiger partial charge in [0.1, 0.15) is 4.70 Å². The normalized spacial score (nSPS) is 17.1. The minimum absolute atomic E-state index is 0.0396. The zero-order chi connectivity index (χ0) is 24.1. The summed E-state index contributed by atoms with van der Waals surface area (Å²) in [5.74, 6) is -0.0396. The Balaban J connectivity index is 1.62. The summed E-state index contributed by atoms with van der Waals surface area (Å²) in [5.41, 5.74) is 0.672. The van der Waals surface area contributed by atoms with Crippen molar-refractivity contribution in [1.82, 2.24) is 14.9 Å². The van der Waals surface area contributed by atoms with E-state index < -0.39 is 0 Å². The van der Waals surface area contributed by atoms with Gasteiger partial charge in [-0.2, -0.15) is 0 Å². The second-order valence-corrected chi connectivity index (χ2v) is 11.0. The Morgan fingerprint density at radius 3 is 2.94 bits per heavy atom. The molecule has 0 aliphatic carbocycles. The molecule has 1 saturated heterocycles. The third-order valence-electron chi connectivity index (χ3n) is 5.86. The third kappa shape index (κ3) is 5.82. The van der Waals surface area contributed by atoms with E-state index in [1.165, 1.54) is 23.1 Å². The van der Waals surface area contributed by atoms with Crippen LogP contribution in [0.4, 0.5) is 0 Å². The van der Waals surface area contributed by atoms with Gasteiger partial charge >= 0.3 is 0 Å². The molecule has 1 fully saturated rings. The van der Waals surface area contributed by atoms with Crippen molar-refractivity contribution in [1.29, 1.82) is 0 Å². The smallest absolute Gasteiger partial charge is 0.272 e. The molecular formula is C25H33N3O4S2. The van der Waals surface area contributed by atoms with E-state index in [2.05, 4.69) is 5.32 Å². The molecule has 3 aromatic rings. The molecule has 9 heteroatoms. The van der Waals surface area contributed by atoms with E-state index in [4.69, 9.17) is 14.5 Å². The van der Waals surface area contributed by atoms with Crippen molar-refractivity contribution in [3.05, 3.63) is 34.6 Å². The summed E-state index contributed by atoms with van der Waals surface area (Å²) in [4.78, 5) is 31.5. The second kappa shape index (κ2) is 11.7. The van der Waals surface area contributed by atoms with Crippen molar-refractivity contribution in [2.24, 2.45) is 0 Å². The fourth-order valence-electron chi connectivity index (χ4n) is 4.07. The molecule has 0 bridgehead atoms. The van der Waals surface area contributed by atoms with Crippen molar-refractivity contribution in [3.8, 4) is 0 Å². The summed E-state index contributed by atoms with van der Waals surface area (Å²) < 4.78 is 14.7. The van der Waals surface area contributed by atoms with Gasteiger partial charge in [0.25, 0.3) is 5.56 Å². The molecule has 2 atom stereocenters. The van der Waals surface area contributed by atoms with E-state index in [9.17, 15) is 9.59 Å². The van der Waals surface area contributed by atoms with E-state index in [1.54, 1.807) is 4.57 Å². The van der Waals surface area contributed by atoms with Crippen molar-refractivity contribution in [3.63, 3.8) is 0 Å². The summed E-state index contributed by atoms with van der Waals surface area (Å²) in [6.07, 6.45) is 3.59. The molecule has 1 amide bonds. The van der Waals surface area contributed by atoms with Crippen molar-refractivity contribution in [2.75, 3.05) is 19.8 Å². The van der Waals surface area contributed by atoms with Crippen molar-refractivity contribution < 1.29 is 14.3 Å². The van der Waals surface area contributed by atoms with E-state index >= 15 is 0 Å². The van der Waals surface area contributed by atoms with Gasteiger partial charge in [-0.3, -0.25) is 14.2 Å². The number of thiophene rings is 1. The SMILES string of the molecule is CC[C@H](Sc1nc2c(sc3ccccc32)c(=O)n1CCCOC(C)C)C(=O)NC[C@@H]1CCCO1. The molecule has 1 aliphatic heterocycles. The highest BCUT2D eigenvalue weighted by Crippen LogP contribution is 2.33. The fraction of sp³-hybridized carbons (Fsp3) is 0.560. The summed E-state index contributed by atoms with van der Waals surface area (Å²) in [5, 5.41) is 4.27. The zero-order valence-electron chi connectivity index (χ0n) is 20.0. The molecule has 7 nitrogen and oxygen atoms in total. The Hall–Kier alpha value is -1.94. The number of hydrogen-bond acceptors (Lipinski definition) is 7. The van der Waals surface area contributed by atoms with Gasteiger partial charge < -0.3 is 14.8 Å². The monoisotopic (exact) mass is 503 g/mol. The molecule has 3 heterocycles. The van der Waals surface area contributed by atoms with Gasteiger partial charge in [0.05, 0.1) is 23.0 Å². The molecule has 0 radical (unpaired) electrons. The lowest BCUT2D eigenvalue weighted by molar-refractivity contribution is -0.121. The topological polar surface area (TPSA) is 82.5 Å². The quantitative estimate of drug-likeness (QED) is 0.234. The van der Waals surface area contributed by atoms with Gasteiger partial charge in [-0.1, -0.05) is 36.9 Å². The maximum Gasteiger partial charge on any atom is 0.272 e. The number of hydrogen-bond donors (Lipinski definition) is 1. The number of nitrogens with one attached hydrogen (secondary N) is 1. The van der Waals surface area contributed by atoms with Gasteiger partial charge in [-0.25, -0.2) is 4.98 Å². The first-order valence-electron chi connectivity index (χ1n) is 12.1. The molecule has 34 heavy (non-hydrogen) atoms. The van der Waals surface area contributed by atoms with E-state index in [-0.39, 0.29) is 28.9 Å². The largest absolute Gasteiger partial charge is 0.379 e. The highest BCUT2D eigenvalue weighted by molar-refractivity contribution is 8.00. The van der Waals surface area contributed by atoms with E-state index in [0.717, 1.165) is 35.1 Å². The predicted molar refractivity (Wildman–Crippen MR) is 139 cm³/mol. The van der Waals surface area contributed by atoms with Crippen LogP contribution in [0, 0.1) is 0 Å². The highest BCUT2D eigenvalue weighted by atomic mass is 32.2. The molecule has 1 aliphatic rings. The lowest BCUT2D eigenvalue weighted by atomic mass is 10.2. The number of carbonyl (C=O) groups is 1. The van der Waals surface area contributed by atoms with Gasteiger partial charge in [0.15, 0.2) is 5.16 Å². The number of fused-ring (bicyclic) bond motifs is 3. The number of thioether (sulfide) groups is 1. The first-order valence-corrected chi connectivity index (χ1v) is 13.8. The first kappa shape index (κ1) is 25.2. The van der Waals surface area contributed by atoms with Crippen LogP contribution in [0.2, 0.25) is 0 Å². The van der Waals surface area contributed by atoms with Crippen LogP contribution in [0.3, 0.4) is 0 Å². The number of nitrogens with zero attached hydrogens (tertiary/aromatic N) is 2. The predicted octanol–water partition coefficient (Wildman–Crippen LogP) is 4.59. The van der Waals surface area contributed by atoms with Crippen molar-refractivity contribution >= 4 is 49.3 Å². The summed E-state index contributed by atoms with van der Waals surface area (Å²) >= 11 is 2.85. The van der Waals surface area contributed by atoms with E-state index in [0.29, 0.717) is 42.4 Å². The number of rotatable bonds is 11. The van der Waals surface area contributed by atoms with Gasteiger partial charge in [0, 0.05) is 36.4 Å². The molecule has 1 N–H and O–H groups in total. The van der Waals surface area contributed by atoms with Gasteiger partial charge in [-0.15, -0.1) is 11.3 Å². The first-order chi connectivity index (χ1) is 16.5. The summed E-state index contributed by atoms with van der Waals surface area (Å²) in [6.45, 7) is 8.34. The number of carbonyl (C=O) groups excluding carboxylic acids is 1. The molecule has 2 aromatic heterocycles. The van der Waals surface area contributed by atoms with Crippen LogP contribution in [0.5, 0.6) is 0 Å². The van der Waals surface area contributed by atoms with Crippen LogP contribution in [0.15, 0.2) is 34.2 Å². The zero-order valence-corrected chi connectivity index (χ0v) is 21.7. The fourth-order valence-corrected chi connectivity index (χ4v) is 6.21. The van der Waals surface area contributed by atoms with Crippen LogP contribution in [0.1, 0.15) is 46.5 Å². The summed E-state index contributed by atoms with van der Waals surface area (Å²) in [7, 11) is 0. The maximum atomic E-state index is 13.5. The molecular weight excluding hydrogens is 470 g/mol. The minimum Gasteiger partial charge on any atom is -0.379 e. The average Bonchev–Trinajstić information content (AvgIpc) is 3.48. The number of amides is 1. The van der Waals surface area contributed by atoms with Crippen LogP contribution >= 0.6 is 23.1 Å². The molecule has 0 saturated carbocycles. The van der Waals surface area contributed by atoms with E-state index in [1.807, 2.05) is 45.0 Å². The van der Waals surface area contributed by atoms with Gasteiger partial charge in [-0.05, 0) is 45.6 Å². The lowest BCUT2D eigenvalue weighted by Crippen LogP contribution is -2.37. The standard InChI is InChI=1S/C25H33N3O4S2/c1-4-19(23(29)26-15-17-9-7-13-32-17)34-25-27-21-18-10-5-6-11-20(18)33-22(21)24(30)28(25)12-8-14-31-16(2)3/h5-6,10-11,16-17,19H,4,7-9,12-15H2,1-3H3,(H,26,29)/t17-,19-/m0/s1. The van der Waals surface area contributed by atoms with Crippen LogP contribution in [0.25, 0.3) is 20.3 Å². The Bertz CT molecular complexity index is 1180. The number of ether oxygens (including phenoxy) is 2. The van der Waals surface area contributed by atoms with Crippen LogP contribution in [-0.4, -0.2) is 52.7 Å². The molecule has 0 spiro atoms. The Kier molecular flexibility index (Phi) is 8.63. The van der Waals surface area contributed by atoms with Crippen LogP contribution < -0.4 is 10.9 Å². The maximum absolute atomic E-state index is 13.5. The highest BCUT2D eigenvalue weighted by Gasteiger charge is 2.24. The molecule has 1 aromatic carbocycles. The lowest BCUT2D eigenvalue weighted by Gasteiger charge is -2.19. The molecule has 0 unspecified atom stereocenters. The number of benzene rings is 1. The molecule has 184 valence electrons. The summed E-state index contributed by atoms with van der Waals surface area (Å²) in [6, 6.07) is 7.95. The molecule has 4 rings (SSSR count).